The normalized spacial score (nSPS) is 23.8. The van der Waals surface area contributed by atoms with Crippen LogP contribution in [-0.4, -0.2) is 16.3 Å². The summed E-state index contributed by atoms with van der Waals surface area (Å²) in [5.41, 5.74) is 2.46. The smallest absolute Gasteiger partial charge is 0.115 e. The maximum Gasteiger partial charge on any atom is 0.115 e. The fraction of sp³-hybridized carbons (Fsp3) is 0.125. The third-order valence-electron chi connectivity index (χ3n) is 2.78. The van der Waals surface area contributed by atoms with E-state index in [2.05, 4.69) is 0 Å². The van der Waals surface area contributed by atoms with Gasteiger partial charge in [-0.1, -0.05) is 30.4 Å². The average molecular weight is 256 g/mol. The second-order valence-corrected chi connectivity index (χ2v) is 4.30. The monoisotopic (exact) mass is 256 g/mol. The van der Waals surface area contributed by atoms with E-state index in [4.69, 9.17) is 4.74 Å². The quantitative estimate of drug-likeness (QED) is 0.811. The van der Waals surface area contributed by atoms with Crippen LogP contribution in [0.25, 0.3) is 5.57 Å². The molecule has 3 nitrogen and oxygen atoms in total. The van der Waals surface area contributed by atoms with Gasteiger partial charge in [-0.2, -0.15) is 0 Å². The summed E-state index contributed by atoms with van der Waals surface area (Å²) in [5, 5.41) is 19.4. The van der Waals surface area contributed by atoms with Crippen LogP contribution in [0.1, 0.15) is 12.5 Å². The number of allylic oxidation sites excluding steroid dienone is 4. The van der Waals surface area contributed by atoms with Crippen molar-refractivity contribution in [3.63, 3.8) is 0 Å². The third kappa shape index (κ3) is 3.60. The van der Waals surface area contributed by atoms with Crippen LogP contribution in [0.2, 0.25) is 0 Å². The summed E-state index contributed by atoms with van der Waals surface area (Å²) in [4.78, 5) is 0. The van der Waals surface area contributed by atoms with Gasteiger partial charge in [0, 0.05) is 5.57 Å². The molecule has 1 atom stereocenters. The molecule has 0 fully saturated rings. The van der Waals surface area contributed by atoms with Crippen molar-refractivity contribution in [2.75, 3.05) is 0 Å². The first-order chi connectivity index (χ1) is 9.16. The second-order valence-electron chi connectivity index (χ2n) is 4.30. The molecule has 0 unspecified atom stereocenters. The van der Waals surface area contributed by atoms with Crippen LogP contribution >= 0.6 is 0 Å². The Morgan fingerprint density at radius 3 is 2.63 bits per heavy atom. The van der Waals surface area contributed by atoms with Gasteiger partial charge in [0.15, 0.2) is 0 Å². The molecular formula is C16H16O3. The highest BCUT2D eigenvalue weighted by Crippen LogP contribution is 2.22. The number of hydrogen-bond acceptors (Lipinski definition) is 3. The van der Waals surface area contributed by atoms with Crippen molar-refractivity contribution >= 4 is 5.57 Å². The first kappa shape index (κ1) is 13.2. The molecule has 2 rings (SSSR count). The predicted molar refractivity (Wildman–Crippen MR) is 75.2 cm³/mol. The standard InChI is InChI=1S/C16H16O3/c1-12-3-2-4-16(18)15(11-19-10-9-12)13-5-7-14(17)8-6-13/h2-11,16-18H,1H3/b4-2+,10-9?,12-3?,15-11-/t16-/m0/s1. The van der Waals surface area contributed by atoms with Gasteiger partial charge in [-0.3, -0.25) is 0 Å². The molecule has 1 aliphatic heterocycles. The molecule has 1 aromatic carbocycles. The van der Waals surface area contributed by atoms with Crippen LogP contribution in [-0.2, 0) is 4.74 Å². The highest BCUT2D eigenvalue weighted by Gasteiger charge is 2.11. The summed E-state index contributed by atoms with van der Waals surface area (Å²) in [6.07, 6.45) is 9.54. The summed E-state index contributed by atoms with van der Waals surface area (Å²) in [6, 6.07) is 6.62. The zero-order valence-electron chi connectivity index (χ0n) is 10.7. The minimum atomic E-state index is -0.764. The van der Waals surface area contributed by atoms with E-state index in [0.29, 0.717) is 5.57 Å². The van der Waals surface area contributed by atoms with Crippen molar-refractivity contribution in [1.29, 1.82) is 0 Å². The fourth-order valence-corrected chi connectivity index (χ4v) is 1.69. The number of benzene rings is 1. The Hall–Kier alpha value is -2.26. The van der Waals surface area contributed by atoms with Gasteiger partial charge in [-0.25, -0.2) is 0 Å². The number of aromatic hydroxyl groups is 1. The van der Waals surface area contributed by atoms with E-state index in [1.807, 2.05) is 25.2 Å². The minimum Gasteiger partial charge on any atom is -0.508 e. The summed E-state index contributed by atoms with van der Waals surface area (Å²) < 4.78 is 5.31. The number of rotatable bonds is 1. The topological polar surface area (TPSA) is 49.7 Å². The molecule has 0 saturated heterocycles. The Morgan fingerprint density at radius 2 is 1.89 bits per heavy atom. The molecule has 0 aliphatic carbocycles. The maximum atomic E-state index is 10.1. The van der Waals surface area contributed by atoms with Gasteiger partial charge < -0.3 is 14.9 Å². The van der Waals surface area contributed by atoms with Gasteiger partial charge in [-0.15, -0.1) is 0 Å². The fourth-order valence-electron chi connectivity index (χ4n) is 1.69. The second kappa shape index (κ2) is 6.07. The Bertz CT molecular complexity index is 548. The predicted octanol–water partition coefficient (Wildman–Crippen LogP) is 3.14. The molecule has 1 aliphatic rings. The largest absolute Gasteiger partial charge is 0.508 e. The molecular weight excluding hydrogens is 240 g/mol. The molecule has 1 aromatic rings. The number of aliphatic hydroxyl groups is 1. The molecule has 0 aromatic heterocycles. The van der Waals surface area contributed by atoms with Crippen molar-refractivity contribution in [2.45, 2.75) is 13.0 Å². The van der Waals surface area contributed by atoms with Gasteiger partial charge in [0.25, 0.3) is 0 Å². The molecule has 0 radical (unpaired) electrons. The zero-order chi connectivity index (χ0) is 13.7. The maximum absolute atomic E-state index is 10.1. The molecule has 1 heterocycles. The van der Waals surface area contributed by atoms with Crippen molar-refractivity contribution in [3.8, 4) is 5.75 Å². The van der Waals surface area contributed by atoms with Crippen molar-refractivity contribution in [2.24, 2.45) is 0 Å². The van der Waals surface area contributed by atoms with E-state index in [1.165, 1.54) is 6.26 Å². The SMILES string of the molecule is CC1=C/C=C/[C@H](O)/C(c2ccc(O)cc2)=C\OC=C1. The highest BCUT2D eigenvalue weighted by molar-refractivity contribution is 5.70. The van der Waals surface area contributed by atoms with Gasteiger partial charge in [-0.05, 0) is 36.3 Å². The lowest BCUT2D eigenvalue weighted by molar-refractivity contribution is 0.275. The number of aliphatic hydroxyl groups excluding tert-OH is 1. The Labute approximate surface area is 112 Å². The van der Waals surface area contributed by atoms with Crippen LogP contribution in [0, 0.1) is 0 Å². The Balaban J connectivity index is 2.32. The third-order valence-corrected chi connectivity index (χ3v) is 2.78. The summed E-state index contributed by atoms with van der Waals surface area (Å²) in [5.74, 6) is 0.189. The first-order valence-corrected chi connectivity index (χ1v) is 6.01. The lowest BCUT2D eigenvalue weighted by Gasteiger charge is -2.12. The first-order valence-electron chi connectivity index (χ1n) is 6.01. The van der Waals surface area contributed by atoms with E-state index in [-0.39, 0.29) is 5.75 Å². The average Bonchev–Trinajstić information content (AvgIpc) is 2.40. The molecule has 98 valence electrons. The van der Waals surface area contributed by atoms with E-state index in [0.717, 1.165) is 11.1 Å². The Kier molecular flexibility index (Phi) is 4.21. The van der Waals surface area contributed by atoms with Gasteiger partial charge >= 0.3 is 0 Å². The molecule has 0 bridgehead atoms. The van der Waals surface area contributed by atoms with Crippen LogP contribution in [0.4, 0.5) is 0 Å². The van der Waals surface area contributed by atoms with E-state index >= 15 is 0 Å². The Morgan fingerprint density at radius 1 is 1.16 bits per heavy atom. The lowest BCUT2D eigenvalue weighted by Crippen LogP contribution is -2.06. The summed E-state index contributed by atoms with van der Waals surface area (Å²) in [6.45, 7) is 1.95. The number of phenols is 1. The number of ether oxygens (including phenoxy) is 1. The van der Waals surface area contributed by atoms with Gasteiger partial charge in [0.05, 0.1) is 12.5 Å². The molecule has 0 saturated carbocycles. The molecule has 2 N–H and O–H groups in total. The van der Waals surface area contributed by atoms with E-state index in [1.54, 1.807) is 36.6 Å². The van der Waals surface area contributed by atoms with Crippen LogP contribution in [0.15, 0.2) is 66.7 Å². The van der Waals surface area contributed by atoms with E-state index < -0.39 is 6.10 Å². The minimum absolute atomic E-state index is 0.189. The summed E-state index contributed by atoms with van der Waals surface area (Å²) >= 11 is 0. The van der Waals surface area contributed by atoms with Crippen LogP contribution in [0.3, 0.4) is 0 Å². The van der Waals surface area contributed by atoms with Crippen LogP contribution in [0.5, 0.6) is 5.75 Å². The van der Waals surface area contributed by atoms with Crippen molar-refractivity contribution in [3.05, 3.63) is 72.2 Å². The van der Waals surface area contributed by atoms with Crippen LogP contribution < -0.4 is 0 Å². The van der Waals surface area contributed by atoms with Gasteiger partial charge in [0.2, 0.25) is 0 Å². The molecule has 0 spiro atoms. The summed E-state index contributed by atoms with van der Waals surface area (Å²) in [7, 11) is 0. The van der Waals surface area contributed by atoms with Crippen molar-refractivity contribution < 1.29 is 14.9 Å². The lowest BCUT2D eigenvalue weighted by atomic mass is 10.0. The number of phenolic OH excluding ortho intramolecular Hbond substituents is 1. The molecule has 0 amide bonds. The highest BCUT2D eigenvalue weighted by atomic mass is 16.5. The zero-order valence-corrected chi connectivity index (χ0v) is 10.7. The number of hydrogen-bond donors (Lipinski definition) is 2. The molecule has 3 heteroatoms. The van der Waals surface area contributed by atoms with Crippen molar-refractivity contribution in [1.82, 2.24) is 0 Å². The van der Waals surface area contributed by atoms with E-state index in [9.17, 15) is 10.2 Å². The molecule has 19 heavy (non-hydrogen) atoms. The van der Waals surface area contributed by atoms with Gasteiger partial charge in [0.1, 0.15) is 11.9 Å².